The number of likely N-dealkylation sites (tertiary alicyclic amines) is 1. The molecule has 5 nitrogen and oxygen atoms in total. The van der Waals surface area contributed by atoms with Gasteiger partial charge in [0.2, 0.25) is 5.91 Å². The monoisotopic (exact) mass is 409 g/mol. The number of aromatic nitrogens is 1. The van der Waals surface area contributed by atoms with Crippen LogP contribution < -0.4 is 0 Å². The lowest BCUT2D eigenvalue weighted by Gasteiger charge is -2.29. The van der Waals surface area contributed by atoms with Crippen molar-refractivity contribution in [3.63, 3.8) is 0 Å². The molecule has 0 bridgehead atoms. The minimum atomic E-state index is -0.00687. The first kappa shape index (κ1) is 22.4. The highest BCUT2D eigenvalue weighted by atomic mass is 16.5. The Hall–Kier alpha value is -2.24. The molecule has 0 saturated carbocycles. The highest BCUT2D eigenvalue weighted by Gasteiger charge is 2.36. The van der Waals surface area contributed by atoms with Crippen LogP contribution in [-0.2, 0) is 16.1 Å². The van der Waals surface area contributed by atoms with Gasteiger partial charge in [-0.15, -0.1) is 0 Å². The fourth-order valence-corrected chi connectivity index (χ4v) is 4.36. The number of ether oxygens (including phenoxy) is 1. The lowest BCUT2D eigenvalue weighted by atomic mass is 9.88. The van der Waals surface area contributed by atoms with Gasteiger partial charge in [0.15, 0.2) is 0 Å². The zero-order chi connectivity index (χ0) is 21.5. The molecule has 30 heavy (non-hydrogen) atoms. The lowest BCUT2D eigenvalue weighted by Crippen LogP contribution is -2.41. The van der Waals surface area contributed by atoms with Gasteiger partial charge in [0, 0.05) is 64.1 Å². The molecule has 1 amide bonds. The quantitative estimate of drug-likeness (QED) is 0.633. The zero-order valence-electron chi connectivity index (χ0n) is 18.8. The molecule has 2 aromatic rings. The third-order valence-electron chi connectivity index (χ3n) is 5.98. The highest BCUT2D eigenvalue weighted by Crippen LogP contribution is 2.34. The van der Waals surface area contributed by atoms with E-state index in [0.717, 1.165) is 26.2 Å². The average Bonchev–Trinajstić information content (AvgIpc) is 3.13. The summed E-state index contributed by atoms with van der Waals surface area (Å²) in [4.78, 5) is 21.6. The van der Waals surface area contributed by atoms with E-state index in [-0.39, 0.29) is 11.8 Å². The van der Waals surface area contributed by atoms with Gasteiger partial charge in [-0.2, -0.15) is 0 Å². The fraction of sp³-hybridized carbons (Fsp3) is 0.520. The molecule has 0 N–H and O–H groups in total. The Labute approximate surface area is 181 Å². The Morgan fingerprint density at radius 2 is 2.00 bits per heavy atom. The first-order chi connectivity index (χ1) is 14.5. The molecule has 2 heterocycles. The smallest absolute Gasteiger partial charge is 0.225 e. The number of aryl methyl sites for hydroxylation is 1. The van der Waals surface area contributed by atoms with E-state index in [9.17, 15) is 4.79 Å². The second kappa shape index (κ2) is 10.7. The summed E-state index contributed by atoms with van der Waals surface area (Å²) in [5, 5.41) is 0. The van der Waals surface area contributed by atoms with Gasteiger partial charge in [-0.25, -0.2) is 0 Å². The van der Waals surface area contributed by atoms with Gasteiger partial charge in [0.1, 0.15) is 0 Å². The summed E-state index contributed by atoms with van der Waals surface area (Å²) in [7, 11) is 1.69. The second-order valence-corrected chi connectivity index (χ2v) is 8.76. The normalized spacial score (nSPS) is 19.4. The van der Waals surface area contributed by atoms with Gasteiger partial charge < -0.3 is 9.64 Å². The number of methoxy groups -OCH3 is 1. The number of rotatable bonds is 9. The lowest BCUT2D eigenvalue weighted by molar-refractivity contribution is -0.135. The zero-order valence-corrected chi connectivity index (χ0v) is 18.8. The van der Waals surface area contributed by atoms with Crippen LogP contribution in [0, 0.1) is 18.8 Å². The van der Waals surface area contributed by atoms with Gasteiger partial charge in [0.05, 0.1) is 6.61 Å². The molecule has 3 rings (SSSR count). The molecule has 2 unspecified atom stereocenters. The van der Waals surface area contributed by atoms with Crippen LogP contribution in [0.15, 0.2) is 48.8 Å². The van der Waals surface area contributed by atoms with E-state index in [1.165, 1.54) is 16.7 Å². The Balaban J connectivity index is 1.79. The van der Waals surface area contributed by atoms with Crippen LogP contribution in [0.2, 0.25) is 0 Å². The average molecular weight is 410 g/mol. The standard InChI is InChI=1S/C25H35N3O2/c1-19(2)25(29)28(12-13-30-4)17-23-16-27(15-21-6-5-11-26-14-21)18-24(23)22-9-7-20(3)8-10-22/h5-11,14,19,23-24H,12-13,15-18H2,1-4H3. The number of benzene rings is 1. The van der Waals surface area contributed by atoms with Crippen LogP contribution >= 0.6 is 0 Å². The van der Waals surface area contributed by atoms with Crippen molar-refractivity contribution in [2.24, 2.45) is 11.8 Å². The number of hydrogen-bond donors (Lipinski definition) is 0. The Morgan fingerprint density at radius 3 is 2.63 bits per heavy atom. The summed E-state index contributed by atoms with van der Waals surface area (Å²) in [5.41, 5.74) is 3.87. The number of pyridine rings is 1. The second-order valence-electron chi connectivity index (χ2n) is 8.76. The van der Waals surface area contributed by atoms with Crippen molar-refractivity contribution in [3.8, 4) is 0 Å². The largest absolute Gasteiger partial charge is 0.383 e. The van der Waals surface area contributed by atoms with Gasteiger partial charge in [-0.05, 0) is 30.0 Å². The Kier molecular flexibility index (Phi) is 8.00. The summed E-state index contributed by atoms with van der Waals surface area (Å²) in [6.07, 6.45) is 3.76. The van der Waals surface area contributed by atoms with Crippen LogP contribution in [0.5, 0.6) is 0 Å². The van der Waals surface area contributed by atoms with Crippen LogP contribution in [0.3, 0.4) is 0 Å². The molecule has 1 aliphatic rings. The minimum absolute atomic E-state index is 0.00687. The molecule has 0 aliphatic carbocycles. The molecule has 2 atom stereocenters. The summed E-state index contributed by atoms with van der Waals surface area (Å²) >= 11 is 0. The van der Waals surface area contributed by atoms with Crippen molar-refractivity contribution < 1.29 is 9.53 Å². The van der Waals surface area contributed by atoms with Crippen molar-refractivity contribution >= 4 is 5.91 Å². The van der Waals surface area contributed by atoms with E-state index in [1.54, 1.807) is 7.11 Å². The van der Waals surface area contributed by atoms with Crippen LogP contribution in [0.1, 0.15) is 36.5 Å². The van der Waals surface area contributed by atoms with Gasteiger partial charge in [-0.3, -0.25) is 14.7 Å². The molecular formula is C25H35N3O2. The number of amides is 1. The van der Waals surface area contributed by atoms with Crippen LogP contribution in [0.25, 0.3) is 0 Å². The van der Waals surface area contributed by atoms with Crippen molar-refractivity contribution in [2.75, 3.05) is 39.9 Å². The molecule has 1 saturated heterocycles. The van der Waals surface area contributed by atoms with Gasteiger partial charge in [-0.1, -0.05) is 49.7 Å². The predicted molar refractivity (Wildman–Crippen MR) is 120 cm³/mol. The molecule has 162 valence electrons. The fourth-order valence-electron chi connectivity index (χ4n) is 4.36. The molecular weight excluding hydrogens is 374 g/mol. The summed E-state index contributed by atoms with van der Waals surface area (Å²) in [6, 6.07) is 13.0. The van der Waals surface area contributed by atoms with E-state index in [1.807, 2.05) is 37.2 Å². The maximum Gasteiger partial charge on any atom is 0.225 e. The minimum Gasteiger partial charge on any atom is -0.383 e. The maximum absolute atomic E-state index is 12.8. The molecule has 0 spiro atoms. The molecule has 5 heteroatoms. The van der Waals surface area contributed by atoms with E-state index in [0.29, 0.717) is 25.0 Å². The van der Waals surface area contributed by atoms with E-state index < -0.39 is 0 Å². The SMILES string of the molecule is COCCN(CC1CN(Cc2cccnc2)CC1c1ccc(C)cc1)C(=O)C(C)C. The number of carbonyl (C=O) groups excluding carboxylic acids is 1. The molecule has 0 radical (unpaired) electrons. The van der Waals surface area contributed by atoms with E-state index in [4.69, 9.17) is 4.74 Å². The summed E-state index contributed by atoms with van der Waals surface area (Å²) in [6.45, 7) is 10.9. The maximum atomic E-state index is 12.8. The van der Waals surface area contributed by atoms with Gasteiger partial charge in [0.25, 0.3) is 0 Å². The Bertz CT molecular complexity index is 792. The number of carbonyl (C=O) groups is 1. The highest BCUT2D eigenvalue weighted by molar-refractivity contribution is 5.78. The molecule has 1 aromatic heterocycles. The number of hydrogen-bond acceptors (Lipinski definition) is 4. The first-order valence-electron chi connectivity index (χ1n) is 10.9. The predicted octanol–water partition coefficient (Wildman–Crippen LogP) is 3.74. The van der Waals surface area contributed by atoms with E-state index in [2.05, 4.69) is 47.1 Å². The molecule has 1 aliphatic heterocycles. The first-order valence-corrected chi connectivity index (χ1v) is 10.9. The van der Waals surface area contributed by atoms with Crippen molar-refractivity contribution in [1.29, 1.82) is 0 Å². The summed E-state index contributed by atoms with van der Waals surface area (Å²) < 4.78 is 5.28. The van der Waals surface area contributed by atoms with Crippen molar-refractivity contribution in [3.05, 3.63) is 65.5 Å². The molecule has 1 aromatic carbocycles. The topological polar surface area (TPSA) is 45.7 Å². The third-order valence-corrected chi connectivity index (χ3v) is 5.98. The Morgan fingerprint density at radius 1 is 1.23 bits per heavy atom. The van der Waals surface area contributed by atoms with Crippen molar-refractivity contribution in [1.82, 2.24) is 14.8 Å². The number of nitrogens with zero attached hydrogens (tertiary/aromatic N) is 3. The van der Waals surface area contributed by atoms with Crippen molar-refractivity contribution in [2.45, 2.75) is 33.2 Å². The van der Waals surface area contributed by atoms with Gasteiger partial charge >= 0.3 is 0 Å². The van der Waals surface area contributed by atoms with Crippen LogP contribution in [0.4, 0.5) is 0 Å². The van der Waals surface area contributed by atoms with Crippen LogP contribution in [-0.4, -0.2) is 60.6 Å². The third kappa shape index (κ3) is 5.89. The summed E-state index contributed by atoms with van der Waals surface area (Å²) in [5.74, 6) is 1.00. The van der Waals surface area contributed by atoms with E-state index >= 15 is 0 Å². The molecule has 1 fully saturated rings.